The third kappa shape index (κ3) is 8.09. The summed E-state index contributed by atoms with van der Waals surface area (Å²) in [6.07, 6.45) is -4.61. The Hall–Kier alpha value is -3.63. The predicted molar refractivity (Wildman–Crippen MR) is 115 cm³/mol. The molecule has 0 aliphatic carbocycles. The lowest BCUT2D eigenvalue weighted by molar-refractivity contribution is -0.131. The van der Waals surface area contributed by atoms with Crippen molar-refractivity contribution >= 4 is 29.1 Å². The Labute approximate surface area is 188 Å². The van der Waals surface area contributed by atoms with Crippen molar-refractivity contribution in [1.29, 1.82) is 0 Å². The molecule has 0 aliphatic heterocycles. The molecule has 33 heavy (non-hydrogen) atoms. The molecule has 0 unspecified atom stereocenters. The number of nitrogens with zero attached hydrogens (tertiary/aromatic N) is 1. The zero-order valence-corrected chi connectivity index (χ0v) is 18.3. The average molecular weight is 468 g/mol. The zero-order chi connectivity index (χ0) is 24.8. The van der Waals surface area contributed by atoms with E-state index < -0.39 is 36.3 Å². The number of likely N-dealkylation sites (N-methyl/N-ethyl adjacent to an activating group) is 1. The van der Waals surface area contributed by atoms with Gasteiger partial charge in [0.1, 0.15) is 12.4 Å². The van der Waals surface area contributed by atoms with Gasteiger partial charge in [0.25, 0.3) is 5.91 Å². The molecular formula is C22H24F4N4O3. The molecule has 3 N–H and O–H groups in total. The molecule has 7 nitrogen and oxygen atoms in total. The van der Waals surface area contributed by atoms with Crippen LogP contribution in [0.15, 0.2) is 36.4 Å². The quantitative estimate of drug-likeness (QED) is 0.519. The van der Waals surface area contributed by atoms with Crippen LogP contribution in [-0.4, -0.2) is 55.5 Å². The van der Waals surface area contributed by atoms with E-state index in [1.54, 1.807) is 17.4 Å². The first-order valence-electron chi connectivity index (χ1n) is 9.85. The summed E-state index contributed by atoms with van der Waals surface area (Å²) in [7, 11) is 1.41. The lowest BCUT2D eigenvalue weighted by Gasteiger charge is -2.18. The van der Waals surface area contributed by atoms with Gasteiger partial charge in [-0.05, 0) is 38.1 Å². The molecule has 0 spiro atoms. The van der Waals surface area contributed by atoms with Crippen LogP contribution in [0, 0.1) is 19.7 Å². The van der Waals surface area contributed by atoms with Gasteiger partial charge < -0.3 is 20.9 Å². The normalized spacial score (nSPS) is 11.0. The molecule has 0 bridgehead atoms. The Morgan fingerprint density at radius 1 is 1.03 bits per heavy atom. The first-order chi connectivity index (χ1) is 15.4. The van der Waals surface area contributed by atoms with Crippen LogP contribution >= 0.6 is 0 Å². The first kappa shape index (κ1) is 25.6. The molecule has 0 heterocycles. The van der Waals surface area contributed by atoms with Crippen LogP contribution in [0.2, 0.25) is 0 Å². The van der Waals surface area contributed by atoms with Crippen molar-refractivity contribution in [2.45, 2.75) is 20.0 Å². The molecule has 0 saturated heterocycles. The Bertz CT molecular complexity index is 1020. The van der Waals surface area contributed by atoms with Crippen molar-refractivity contribution in [2.75, 3.05) is 37.3 Å². The summed E-state index contributed by atoms with van der Waals surface area (Å²) in [6.45, 7) is 1.17. The number of halogens is 4. The molecule has 0 radical (unpaired) electrons. The van der Waals surface area contributed by atoms with E-state index in [0.717, 1.165) is 22.6 Å². The highest BCUT2D eigenvalue weighted by atomic mass is 19.4. The highest BCUT2D eigenvalue weighted by Crippen LogP contribution is 2.21. The summed E-state index contributed by atoms with van der Waals surface area (Å²) >= 11 is 0. The molecule has 2 aromatic carbocycles. The number of benzene rings is 2. The minimum absolute atomic E-state index is 0.0676. The van der Waals surface area contributed by atoms with Crippen LogP contribution in [0.3, 0.4) is 0 Å². The summed E-state index contributed by atoms with van der Waals surface area (Å²) in [5.74, 6) is -2.85. The number of hydrogen-bond donors (Lipinski definition) is 3. The number of anilines is 2. The molecule has 3 amide bonds. The highest BCUT2D eigenvalue weighted by molar-refractivity contribution is 5.96. The van der Waals surface area contributed by atoms with Crippen LogP contribution in [0.5, 0.6) is 0 Å². The van der Waals surface area contributed by atoms with Crippen molar-refractivity contribution in [3.05, 3.63) is 58.9 Å². The fourth-order valence-electron chi connectivity index (χ4n) is 2.72. The second-order valence-electron chi connectivity index (χ2n) is 7.45. The van der Waals surface area contributed by atoms with Crippen LogP contribution in [-0.2, 0) is 9.59 Å². The van der Waals surface area contributed by atoms with Crippen LogP contribution in [0.1, 0.15) is 21.5 Å². The van der Waals surface area contributed by atoms with E-state index in [4.69, 9.17) is 0 Å². The molecule has 11 heteroatoms. The van der Waals surface area contributed by atoms with Gasteiger partial charge in [-0.15, -0.1) is 0 Å². The van der Waals surface area contributed by atoms with Gasteiger partial charge in [0, 0.05) is 29.5 Å². The fraction of sp³-hybridized carbons (Fsp3) is 0.318. The number of alkyl halides is 3. The van der Waals surface area contributed by atoms with Crippen molar-refractivity contribution in [3.8, 4) is 0 Å². The smallest absolute Gasteiger partial charge is 0.376 e. The maximum absolute atomic E-state index is 14.2. The molecule has 0 aromatic heterocycles. The van der Waals surface area contributed by atoms with E-state index in [1.165, 1.54) is 14.0 Å². The molecule has 2 rings (SSSR count). The third-order valence-corrected chi connectivity index (χ3v) is 4.63. The van der Waals surface area contributed by atoms with E-state index >= 15 is 0 Å². The van der Waals surface area contributed by atoms with Gasteiger partial charge in [-0.3, -0.25) is 14.4 Å². The summed E-state index contributed by atoms with van der Waals surface area (Å²) in [4.78, 5) is 37.6. The number of amides is 3. The molecule has 0 fully saturated rings. The van der Waals surface area contributed by atoms with Crippen LogP contribution in [0.25, 0.3) is 0 Å². The molecule has 0 atom stereocenters. The molecule has 0 aliphatic rings. The fourth-order valence-corrected chi connectivity index (χ4v) is 2.72. The average Bonchev–Trinajstić information content (AvgIpc) is 2.73. The van der Waals surface area contributed by atoms with Crippen LogP contribution < -0.4 is 16.0 Å². The SMILES string of the molecule is Cc1ccc(NC(=O)CN(C)C(=O)CNc2cc(C(=O)NCC(F)(F)F)cc(F)c2C)cc1. The summed E-state index contributed by atoms with van der Waals surface area (Å²) in [6, 6.07) is 9.08. The second kappa shape index (κ2) is 10.8. The van der Waals surface area contributed by atoms with Crippen LogP contribution in [0.4, 0.5) is 28.9 Å². The van der Waals surface area contributed by atoms with Gasteiger partial charge in [0.2, 0.25) is 11.8 Å². The number of rotatable bonds is 8. The Kier molecular flexibility index (Phi) is 8.38. The van der Waals surface area contributed by atoms with E-state index in [9.17, 15) is 31.9 Å². The Morgan fingerprint density at radius 3 is 2.27 bits per heavy atom. The number of aryl methyl sites for hydroxylation is 1. The summed E-state index contributed by atoms with van der Waals surface area (Å²) < 4.78 is 51.1. The van der Waals surface area contributed by atoms with Gasteiger partial charge in [-0.25, -0.2) is 4.39 Å². The van der Waals surface area contributed by atoms with Gasteiger partial charge in [-0.1, -0.05) is 17.7 Å². The third-order valence-electron chi connectivity index (χ3n) is 4.63. The highest BCUT2D eigenvalue weighted by Gasteiger charge is 2.28. The predicted octanol–water partition coefficient (Wildman–Crippen LogP) is 3.24. The first-order valence-corrected chi connectivity index (χ1v) is 9.85. The molecule has 2 aromatic rings. The number of hydrogen-bond acceptors (Lipinski definition) is 4. The second-order valence-corrected chi connectivity index (χ2v) is 7.45. The lowest BCUT2D eigenvalue weighted by atomic mass is 10.1. The van der Waals surface area contributed by atoms with Gasteiger partial charge in [-0.2, -0.15) is 13.2 Å². The van der Waals surface area contributed by atoms with E-state index in [2.05, 4.69) is 10.6 Å². The summed E-state index contributed by atoms with van der Waals surface area (Å²) in [5, 5.41) is 6.99. The minimum Gasteiger partial charge on any atom is -0.376 e. The van der Waals surface area contributed by atoms with Gasteiger partial charge in [0.15, 0.2) is 0 Å². The monoisotopic (exact) mass is 468 g/mol. The van der Waals surface area contributed by atoms with E-state index in [0.29, 0.717) is 5.69 Å². The van der Waals surface area contributed by atoms with Crippen molar-refractivity contribution in [1.82, 2.24) is 10.2 Å². The molecule has 178 valence electrons. The molecular weight excluding hydrogens is 444 g/mol. The Morgan fingerprint density at radius 2 is 1.67 bits per heavy atom. The minimum atomic E-state index is -4.61. The molecule has 0 saturated carbocycles. The van der Waals surface area contributed by atoms with Crippen molar-refractivity contribution in [2.24, 2.45) is 0 Å². The largest absolute Gasteiger partial charge is 0.405 e. The summed E-state index contributed by atoms with van der Waals surface area (Å²) in [5.41, 5.74) is 1.42. The number of nitrogens with one attached hydrogen (secondary N) is 3. The lowest BCUT2D eigenvalue weighted by Crippen LogP contribution is -2.38. The zero-order valence-electron chi connectivity index (χ0n) is 18.3. The van der Waals surface area contributed by atoms with E-state index in [-0.39, 0.29) is 29.9 Å². The topological polar surface area (TPSA) is 90.5 Å². The van der Waals surface area contributed by atoms with E-state index in [1.807, 2.05) is 19.1 Å². The standard InChI is InChI=1S/C22H24F4N4O3/c1-13-4-6-16(7-5-13)29-19(31)11-30(3)20(32)10-27-18-9-15(8-17(23)14(18)2)21(33)28-12-22(24,25)26/h4-9,27H,10-12H2,1-3H3,(H,28,33)(H,29,31). The maximum atomic E-state index is 14.2. The van der Waals surface area contributed by atoms with Crippen molar-refractivity contribution in [3.63, 3.8) is 0 Å². The number of carbonyl (C=O) groups is 3. The maximum Gasteiger partial charge on any atom is 0.405 e. The Balaban J connectivity index is 1.96. The number of carbonyl (C=O) groups excluding carboxylic acids is 3. The van der Waals surface area contributed by atoms with Gasteiger partial charge >= 0.3 is 6.18 Å². The van der Waals surface area contributed by atoms with Crippen molar-refractivity contribution < 1.29 is 31.9 Å². The van der Waals surface area contributed by atoms with Gasteiger partial charge in [0.05, 0.1) is 13.1 Å².